The van der Waals surface area contributed by atoms with Crippen LogP contribution in [0.25, 0.3) is 10.8 Å². The van der Waals surface area contributed by atoms with Gasteiger partial charge in [0, 0.05) is 5.69 Å². The average Bonchev–Trinajstić information content (AvgIpc) is 2.71. The molecule has 3 rings (SSSR count). The maximum atomic E-state index is 12.2. The Morgan fingerprint density at radius 3 is 2.36 bits per heavy atom. The molecule has 0 radical (unpaired) electrons. The van der Waals surface area contributed by atoms with Crippen molar-refractivity contribution in [3.63, 3.8) is 0 Å². The molecule has 5 nitrogen and oxygen atoms in total. The lowest BCUT2D eigenvalue weighted by Gasteiger charge is -2.09. The highest BCUT2D eigenvalue weighted by Crippen LogP contribution is 2.25. The summed E-state index contributed by atoms with van der Waals surface area (Å²) in [5, 5.41) is 14.4. The summed E-state index contributed by atoms with van der Waals surface area (Å²) in [5.41, 5.74) is 1.90. The molecule has 0 aromatic heterocycles. The summed E-state index contributed by atoms with van der Waals surface area (Å²) in [7, 11) is 0. The van der Waals surface area contributed by atoms with Crippen molar-refractivity contribution in [2.75, 3.05) is 11.9 Å². The predicted octanol–water partition coefficient (Wildman–Crippen LogP) is 4.68. The van der Waals surface area contributed by atoms with E-state index in [2.05, 4.69) is 12.2 Å². The van der Waals surface area contributed by atoms with E-state index in [0.29, 0.717) is 5.69 Å². The number of aromatic hydroxyl groups is 1. The van der Waals surface area contributed by atoms with E-state index in [1.807, 2.05) is 48.5 Å². The van der Waals surface area contributed by atoms with Crippen molar-refractivity contribution in [3.8, 4) is 5.75 Å². The second-order valence-corrected chi connectivity index (χ2v) is 6.64. The monoisotopic (exact) mass is 377 g/mol. The molecular formula is C23H23NO4. The van der Waals surface area contributed by atoms with Crippen LogP contribution in [0.15, 0.2) is 60.7 Å². The zero-order valence-corrected chi connectivity index (χ0v) is 15.8. The Bertz CT molecular complexity index is 980. The fourth-order valence-electron chi connectivity index (χ4n) is 2.93. The Morgan fingerprint density at radius 1 is 1.00 bits per heavy atom. The molecule has 28 heavy (non-hydrogen) atoms. The Kier molecular flexibility index (Phi) is 6.27. The average molecular weight is 377 g/mol. The molecule has 2 N–H and O–H groups in total. The number of esters is 1. The van der Waals surface area contributed by atoms with E-state index in [-0.39, 0.29) is 11.3 Å². The Morgan fingerprint density at radius 2 is 1.68 bits per heavy atom. The summed E-state index contributed by atoms with van der Waals surface area (Å²) >= 11 is 0. The van der Waals surface area contributed by atoms with E-state index in [1.54, 1.807) is 6.07 Å². The number of fused-ring (bicyclic) bond motifs is 1. The number of ether oxygens (including phenoxy) is 1. The lowest BCUT2D eigenvalue weighted by Crippen LogP contribution is -2.21. The first-order valence-electron chi connectivity index (χ1n) is 9.34. The van der Waals surface area contributed by atoms with Crippen molar-refractivity contribution in [2.24, 2.45) is 0 Å². The third-order valence-corrected chi connectivity index (χ3v) is 4.47. The standard InChI is InChI=1S/C23H23NO4/c1-2-3-6-16-9-11-19(12-10-16)24-22(26)15-28-23(27)20-13-17-7-4-5-8-18(17)14-21(20)25/h4-5,7-14,25H,2-3,6,15H2,1H3,(H,24,26). The highest BCUT2D eigenvalue weighted by molar-refractivity contribution is 6.00. The predicted molar refractivity (Wildman–Crippen MR) is 110 cm³/mol. The number of carbonyl (C=O) groups excluding carboxylic acids is 2. The topological polar surface area (TPSA) is 75.6 Å². The van der Waals surface area contributed by atoms with Crippen molar-refractivity contribution in [3.05, 3.63) is 71.8 Å². The molecule has 1 amide bonds. The molecule has 0 atom stereocenters. The van der Waals surface area contributed by atoms with Gasteiger partial charge in [-0.3, -0.25) is 4.79 Å². The molecule has 0 aliphatic carbocycles. The second-order valence-electron chi connectivity index (χ2n) is 6.64. The number of nitrogens with one attached hydrogen (secondary N) is 1. The number of amides is 1. The Labute approximate surface area is 164 Å². The van der Waals surface area contributed by atoms with Crippen LogP contribution >= 0.6 is 0 Å². The van der Waals surface area contributed by atoms with Crippen molar-refractivity contribution >= 4 is 28.3 Å². The van der Waals surface area contributed by atoms with Gasteiger partial charge in [-0.25, -0.2) is 4.79 Å². The molecule has 0 saturated heterocycles. The molecule has 5 heteroatoms. The van der Waals surface area contributed by atoms with Gasteiger partial charge in [0.05, 0.1) is 0 Å². The van der Waals surface area contributed by atoms with Crippen molar-refractivity contribution < 1.29 is 19.4 Å². The molecule has 0 spiro atoms. The van der Waals surface area contributed by atoms with Gasteiger partial charge in [0.15, 0.2) is 6.61 Å². The van der Waals surface area contributed by atoms with Gasteiger partial charge in [0.1, 0.15) is 11.3 Å². The van der Waals surface area contributed by atoms with Gasteiger partial charge < -0.3 is 15.2 Å². The van der Waals surface area contributed by atoms with Crippen LogP contribution in [-0.4, -0.2) is 23.6 Å². The first-order valence-corrected chi connectivity index (χ1v) is 9.34. The summed E-state index contributed by atoms with van der Waals surface area (Å²) < 4.78 is 5.06. The van der Waals surface area contributed by atoms with Crippen LogP contribution in [0.4, 0.5) is 5.69 Å². The molecule has 0 fully saturated rings. The molecule has 0 aliphatic rings. The Hall–Kier alpha value is -3.34. The van der Waals surface area contributed by atoms with Crippen LogP contribution in [0, 0.1) is 0 Å². The van der Waals surface area contributed by atoms with Gasteiger partial charge in [-0.15, -0.1) is 0 Å². The fourth-order valence-corrected chi connectivity index (χ4v) is 2.93. The van der Waals surface area contributed by atoms with Crippen LogP contribution in [0.1, 0.15) is 35.7 Å². The zero-order valence-electron chi connectivity index (χ0n) is 15.8. The van der Waals surface area contributed by atoms with Gasteiger partial charge in [-0.2, -0.15) is 0 Å². The van der Waals surface area contributed by atoms with E-state index in [1.165, 1.54) is 11.6 Å². The third-order valence-electron chi connectivity index (χ3n) is 4.47. The number of hydrogen-bond donors (Lipinski definition) is 2. The molecular weight excluding hydrogens is 354 g/mol. The number of unbranched alkanes of at least 4 members (excludes halogenated alkanes) is 1. The van der Waals surface area contributed by atoms with Gasteiger partial charge in [-0.05, 0) is 53.4 Å². The van der Waals surface area contributed by atoms with Crippen LogP contribution < -0.4 is 5.32 Å². The first-order chi connectivity index (χ1) is 13.6. The summed E-state index contributed by atoms with van der Waals surface area (Å²) in [6.07, 6.45) is 3.28. The first kappa shape index (κ1) is 19.4. The van der Waals surface area contributed by atoms with Crippen LogP contribution in [0.3, 0.4) is 0 Å². The fraction of sp³-hybridized carbons (Fsp3) is 0.217. The lowest BCUT2D eigenvalue weighted by atomic mass is 10.1. The number of aryl methyl sites for hydroxylation is 1. The maximum absolute atomic E-state index is 12.2. The smallest absolute Gasteiger partial charge is 0.342 e. The van der Waals surface area contributed by atoms with E-state index in [4.69, 9.17) is 4.74 Å². The molecule has 0 heterocycles. The number of phenolic OH excluding ortho intramolecular Hbond substituents is 1. The summed E-state index contributed by atoms with van der Waals surface area (Å²) in [6, 6.07) is 18.0. The minimum absolute atomic E-state index is 0.0341. The largest absolute Gasteiger partial charge is 0.507 e. The van der Waals surface area contributed by atoms with Crippen molar-refractivity contribution in [1.82, 2.24) is 0 Å². The van der Waals surface area contributed by atoms with Gasteiger partial charge in [0.25, 0.3) is 5.91 Å². The Balaban J connectivity index is 1.57. The number of phenols is 1. The molecule has 0 bridgehead atoms. The minimum Gasteiger partial charge on any atom is -0.507 e. The van der Waals surface area contributed by atoms with E-state index >= 15 is 0 Å². The molecule has 0 aliphatic heterocycles. The summed E-state index contributed by atoms with van der Waals surface area (Å²) in [6.45, 7) is 1.72. The highest BCUT2D eigenvalue weighted by Gasteiger charge is 2.15. The molecule has 0 saturated carbocycles. The zero-order chi connectivity index (χ0) is 19.9. The second kappa shape index (κ2) is 9.04. The normalized spacial score (nSPS) is 10.6. The quantitative estimate of drug-likeness (QED) is 0.586. The van der Waals surface area contributed by atoms with Gasteiger partial charge >= 0.3 is 5.97 Å². The van der Waals surface area contributed by atoms with E-state index < -0.39 is 18.5 Å². The molecule has 0 unspecified atom stereocenters. The number of benzene rings is 3. The van der Waals surface area contributed by atoms with Crippen LogP contribution in [0.2, 0.25) is 0 Å². The lowest BCUT2D eigenvalue weighted by molar-refractivity contribution is -0.119. The maximum Gasteiger partial charge on any atom is 0.342 e. The number of rotatable bonds is 7. The highest BCUT2D eigenvalue weighted by atomic mass is 16.5. The summed E-state index contributed by atoms with van der Waals surface area (Å²) in [4.78, 5) is 24.3. The summed E-state index contributed by atoms with van der Waals surface area (Å²) in [5.74, 6) is -1.35. The van der Waals surface area contributed by atoms with Crippen molar-refractivity contribution in [1.29, 1.82) is 0 Å². The molecule has 3 aromatic rings. The van der Waals surface area contributed by atoms with Crippen molar-refractivity contribution in [2.45, 2.75) is 26.2 Å². The van der Waals surface area contributed by atoms with E-state index in [9.17, 15) is 14.7 Å². The van der Waals surface area contributed by atoms with Crippen LogP contribution in [-0.2, 0) is 16.0 Å². The SMILES string of the molecule is CCCCc1ccc(NC(=O)COC(=O)c2cc3ccccc3cc2O)cc1. The van der Waals surface area contributed by atoms with Gasteiger partial charge in [-0.1, -0.05) is 49.7 Å². The minimum atomic E-state index is -0.742. The molecule has 3 aromatic carbocycles. The number of anilines is 1. The number of hydrogen-bond acceptors (Lipinski definition) is 4. The molecule has 144 valence electrons. The van der Waals surface area contributed by atoms with E-state index in [0.717, 1.165) is 30.0 Å². The van der Waals surface area contributed by atoms with Gasteiger partial charge in [0.2, 0.25) is 0 Å². The third kappa shape index (κ3) is 4.88. The number of carbonyl (C=O) groups is 2. The van der Waals surface area contributed by atoms with Crippen LogP contribution in [0.5, 0.6) is 5.75 Å².